The van der Waals surface area contributed by atoms with Gasteiger partial charge in [-0.15, -0.1) is 11.8 Å². The van der Waals surface area contributed by atoms with Gasteiger partial charge in [0, 0.05) is 32.0 Å². The fraction of sp³-hybridized carbons (Fsp3) is 0.0833. The quantitative estimate of drug-likeness (QED) is 0.671. The Labute approximate surface area is 118 Å². The van der Waals surface area contributed by atoms with Crippen molar-refractivity contribution in [1.82, 2.24) is 4.98 Å². The molecule has 0 aliphatic heterocycles. The Bertz CT molecular complexity index is 534. The van der Waals surface area contributed by atoms with E-state index in [1.165, 1.54) is 0 Å². The van der Waals surface area contributed by atoms with Crippen molar-refractivity contribution < 1.29 is 0 Å². The lowest BCUT2D eigenvalue weighted by Crippen LogP contribution is -1.90. The standard InChI is InChI=1S/C12H10BrClN2S/c13-8-1-2-11(15)12(5-8)17-7-10-6-9(14)3-4-16-10/h1-6H,7,15H2. The molecule has 0 unspecified atom stereocenters. The Balaban J connectivity index is 2.09. The number of benzene rings is 1. The van der Waals surface area contributed by atoms with Gasteiger partial charge in [-0.2, -0.15) is 0 Å². The van der Waals surface area contributed by atoms with E-state index in [4.69, 9.17) is 17.3 Å². The van der Waals surface area contributed by atoms with Crippen molar-refractivity contribution in [3.05, 3.63) is 51.7 Å². The fourth-order valence-electron chi connectivity index (χ4n) is 1.31. The maximum atomic E-state index is 5.90. The maximum absolute atomic E-state index is 5.90. The third-order valence-electron chi connectivity index (χ3n) is 2.13. The van der Waals surface area contributed by atoms with Crippen LogP contribution in [0.2, 0.25) is 5.02 Å². The largest absolute Gasteiger partial charge is 0.398 e. The van der Waals surface area contributed by atoms with Crippen LogP contribution in [0.25, 0.3) is 0 Å². The van der Waals surface area contributed by atoms with Crippen molar-refractivity contribution in [2.24, 2.45) is 0 Å². The molecule has 2 aromatic rings. The Morgan fingerprint density at radius 1 is 1.29 bits per heavy atom. The monoisotopic (exact) mass is 328 g/mol. The highest BCUT2D eigenvalue weighted by Crippen LogP contribution is 2.30. The molecule has 2 rings (SSSR count). The Morgan fingerprint density at radius 2 is 2.12 bits per heavy atom. The summed E-state index contributed by atoms with van der Waals surface area (Å²) < 4.78 is 1.02. The van der Waals surface area contributed by atoms with Crippen LogP contribution in [0.15, 0.2) is 45.9 Å². The van der Waals surface area contributed by atoms with Crippen molar-refractivity contribution in [3.8, 4) is 0 Å². The van der Waals surface area contributed by atoms with E-state index >= 15 is 0 Å². The number of thioether (sulfide) groups is 1. The van der Waals surface area contributed by atoms with Crippen molar-refractivity contribution in [2.75, 3.05) is 5.73 Å². The number of pyridine rings is 1. The number of hydrogen-bond donors (Lipinski definition) is 1. The van der Waals surface area contributed by atoms with Gasteiger partial charge in [0.2, 0.25) is 0 Å². The van der Waals surface area contributed by atoms with Gasteiger partial charge in [0.1, 0.15) is 0 Å². The van der Waals surface area contributed by atoms with Gasteiger partial charge in [0.15, 0.2) is 0 Å². The van der Waals surface area contributed by atoms with Crippen LogP contribution in [0.3, 0.4) is 0 Å². The molecule has 88 valence electrons. The minimum Gasteiger partial charge on any atom is -0.398 e. The predicted octanol–water partition coefficient (Wildman–Crippen LogP) is 4.37. The Hall–Kier alpha value is -0.710. The highest BCUT2D eigenvalue weighted by molar-refractivity contribution is 9.10. The molecule has 1 aromatic heterocycles. The summed E-state index contributed by atoms with van der Waals surface area (Å²) >= 11 is 11.0. The van der Waals surface area contributed by atoms with E-state index in [0.717, 1.165) is 26.5 Å². The predicted molar refractivity (Wildman–Crippen MR) is 77.4 cm³/mol. The first kappa shape index (κ1) is 12.7. The van der Waals surface area contributed by atoms with Crippen molar-refractivity contribution in [2.45, 2.75) is 10.6 Å². The van der Waals surface area contributed by atoms with E-state index in [-0.39, 0.29) is 0 Å². The average molecular weight is 330 g/mol. The van der Waals surface area contributed by atoms with E-state index in [2.05, 4.69) is 20.9 Å². The number of nitrogens with two attached hydrogens (primary N) is 1. The third-order valence-corrected chi connectivity index (χ3v) is 3.96. The van der Waals surface area contributed by atoms with E-state index in [1.54, 1.807) is 24.0 Å². The lowest BCUT2D eigenvalue weighted by molar-refractivity contribution is 1.17. The third kappa shape index (κ3) is 3.63. The summed E-state index contributed by atoms with van der Waals surface area (Å²) in [6, 6.07) is 9.45. The number of nitrogens with zero attached hydrogens (tertiary/aromatic N) is 1. The molecule has 5 heteroatoms. The zero-order valence-corrected chi connectivity index (χ0v) is 12.0. The Kier molecular flexibility index (Phi) is 4.31. The minimum absolute atomic E-state index is 0.706. The number of halogens is 2. The molecular weight excluding hydrogens is 320 g/mol. The Morgan fingerprint density at radius 3 is 2.88 bits per heavy atom. The molecule has 0 radical (unpaired) electrons. The summed E-state index contributed by atoms with van der Waals surface area (Å²) in [6.45, 7) is 0. The van der Waals surface area contributed by atoms with Gasteiger partial charge in [-0.3, -0.25) is 4.98 Å². The number of aromatic nitrogens is 1. The van der Waals surface area contributed by atoms with Crippen LogP contribution in [0.5, 0.6) is 0 Å². The second-order valence-corrected chi connectivity index (χ2v) is 5.81. The molecule has 1 heterocycles. The van der Waals surface area contributed by atoms with E-state index in [0.29, 0.717) is 5.02 Å². The van der Waals surface area contributed by atoms with Gasteiger partial charge in [-0.25, -0.2) is 0 Å². The maximum Gasteiger partial charge on any atom is 0.0521 e. The summed E-state index contributed by atoms with van der Waals surface area (Å²) in [5, 5.41) is 0.706. The minimum atomic E-state index is 0.706. The first-order valence-electron chi connectivity index (χ1n) is 4.93. The lowest BCUT2D eigenvalue weighted by Gasteiger charge is -2.05. The molecule has 0 atom stereocenters. The zero-order chi connectivity index (χ0) is 12.3. The molecule has 2 nitrogen and oxygen atoms in total. The van der Waals surface area contributed by atoms with E-state index in [1.807, 2.05) is 24.3 Å². The van der Waals surface area contributed by atoms with Gasteiger partial charge >= 0.3 is 0 Å². The van der Waals surface area contributed by atoms with Gasteiger partial charge in [0.25, 0.3) is 0 Å². The molecule has 0 spiro atoms. The van der Waals surface area contributed by atoms with Gasteiger partial charge in [-0.1, -0.05) is 27.5 Å². The molecule has 0 aliphatic carbocycles. The van der Waals surface area contributed by atoms with Gasteiger partial charge in [-0.05, 0) is 30.3 Å². The zero-order valence-electron chi connectivity index (χ0n) is 8.86. The molecule has 1 aromatic carbocycles. The SMILES string of the molecule is Nc1ccc(Br)cc1SCc1cc(Cl)ccn1. The summed E-state index contributed by atoms with van der Waals surface area (Å²) in [4.78, 5) is 5.29. The van der Waals surface area contributed by atoms with Crippen LogP contribution < -0.4 is 5.73 Å². The number of rotatable bonds is 3. The average Bonchev–Trinajstić information content (AvgIpc) is 2.30. The highest BCUT2D eigenvalue weighted by Gasteiger charge is 2.03. The summed E-state index contributed by atoms with van der Waals surface area (Å²) in [5.41, 5.74) is 7.62. The van der Waals surface area contributed by atoms with Crippen molar-refractivity contribution in [1.29, 1.82) is 0 Å². The second kappa shape index (κ2) is 5.76. The van der Waals surface area contributed by atoms with Crippen LogP contribution in [-0.2, 0) is 5.75 Å². The second-order valence-electron chi connectivity index (χ2n) is 3.44. The number of anilines is 1. The normalized spacial score (nSPS) is 10.5. The molecule has 0 bridgehead atoms. The van der Waals surface area contributed by atoms with E-state index < -0.39 is 0 Å². The molecule has 0 saturated heterocycles. The molecule has 2 N–H and O–H groups in total. The highest BCUT2D eigenvalue weighted by atomic mass is 79.9. The van der Waals surface area contributed by atoms with Crippen molar-refractivity contribution in [3.63, 3.8) is 0 Å². The van der Waals surface area contributed by atoms with Gasteiger partial charge in [0.05, 0.1) is 5.69 Å². The summed E-state index contributed by atoms with van der Waals surface area (Å²) in [7, 11) is 0. The molecule has 0 amide bonds. The summed E-state index contributed by atoms with van der Waals surface area (Å²) in [5.74, 6) is 0.751. The topological polar surface area (TPSA) is 38.9 Å². The van der Waals surface area contributed by atoms with Crippen LogP contribution >= 0.6 is 39.3 Å². The molecule has 17 heavy (non-hydrogen) atoms. The molecule has 0 aliphatic rings. The molecule has 0 fully saturated rings. The van der Waals surface area contributed by atoms with Gasteiger partial charge < -0.3 is 5.73 Å². The fourth-order valence-corrected chi connectivity index (χ4v) is 2.91. The lowest BCUT2D eigenvalue weighted by atomic mass is 10.3. The first-order chi connectivity index (χ1) is 8.15. The smallest absolute Gasteiger partial charge is 0.0521 e. The van der Waals surface area contributed by atoms with Crippen LogP contribution in [0.4, 0.5) is 5.69 Å². The molecular formula is C12H10BrClN2S. The van der Waals surface area contributed by atoms with Crippen LogP contribution in [0.1, 0.15) is 5.69 Å². The van der Waals surface area contributed by atoms with Crippen LogP contribution in [-0.4, -0.2) is 4.98 Å². The molecule has 0 saturated carbocycles. The van der Waals surface area contributed by atoms with Crippen molar-refractivity contribution >= 4 is 45.0 Å². The summed E-state index contributed by atoms with van der Waals surface area (Å²) in [6.07, 6.45) is 1.71. The van der Waals surface area contributed by atoms with E-state index in [9.17, 15) is 0 Å². The number of hydrogen-bond acceptors (Lipinski definition) is 3. The number of nitrogen functional groups attached to an aromatic ring is 1. The van der Waals surface area contributed by atoms with Crippen LogP contribution in [0, 0.1) is 0 Å². The first-order valence-corrected chi connectivity index (χ1v) is 7.09.